The van der Waals surface area contributed by atoms with Crippen molar-refractivity contribution in [1.82, 2.24) is 9.55 Å². The third-order valence-electron chi connectivity index (χ3n) is 4.04. The highest BCUT2D eigenvalue weighted by Gasteiger charge is 2.22. The lowest BCUT2D eigenvalue weighted by Crippen LogP contribution is -2.11. The molecule has 0 amide bonds. The summed E-state index contributed by atoms with van der Waals surface area (Å²) in [4.78, 5) is 18.3. The number of halogens is 2. The van der Waals surface area contributed by atoms with Crippen LogP contribution in [0.5, 0.6) is 0 Å². The molecule has 6 heteroatoms. The number of carbonyl (C=O) groups excluding carboxylic acids is 1. The largest absolute Gasteiger partial charge is 0.272 e. The van der Waals surface area contributed by atoms with E-state index in [9.17, 15) is 4.79 Å². The highest BCUT2D eigenvalue weighted by atomic mass is 35.5. The molecule has 2 heterocycles. The Morgan fingerprint density at radius 2 is 1.76 bits per heavy atom. The molecule has 0 radical (unpaired) electrons. The third kappa shape index (κ3) is 2.76. The zero-order valence-electron chi connectivity index (χ0n) is 13.2. The van der Waals surface area contributed by atoms with Gasteiger partial charge >= 0.3 is 0 Å². The molecule has 4 aromatic rings. The van der Waals surface area contributed by atoms with Gasteiger partial charge in [0.2, 0.25) is 0 Å². The van der Waals surface area contributed by atoms with Gasteiger partial charge in [0.15, 0.2) is 0 Å². The van der Waals surface area contributed by atoms with Crippen molar-refractivity contribution in [3.05, 3.63) is 75.3 Å². The van der Waals surface area contributed by atoms with Gasteiger partial charge in [-0.2, -0.15) is 0 Å². The standard InChI is InChI=1S/C19H12Cl2N2OS/c1-11-5-7-12(8-6-11)13-9-23(19-17(13)22-10-25-19)18(24)16-14(20)3-2-4-15(16)21/h2-10H,1H3. The zero-order chi connectivity index (χ0) is 17.6. The van der Waals surface area contributed by atoms with E-state index in [-0.39, 0.29) is 5.91 Å². The Hall–Kier alpha value is -2.14. The average molecular weight is 387 g/mol. The molecular weight excluding hydrogens is 375 g/mol. The van der Waals surface area contributed by atoms with Gasteiger partial charge in [0.25, 0.3) is 5.91 Å². The van der Waals surface area contributed by atoms with E-state index in [1.165, 1.54) is 16.9 Å². The van der Waals surface area contributed by atoms with Crippen molar-refractivity contribution in [3.63, 3.8) is 0 Å². The van der Waals surface area contributed by atoms with Crippen molar-refractivity contribution in [1.29, 1.82) is 0 Å². The lowest BCUT2D eigenvalue weighted by atomic mass is 10.1. The first-order valence-electron chi connectivity index (χ1n) is 7.56. The predicted molar refractivity (Wildman–Crippen MR) is 104 cm³/mol. The van der Waals surface area contributed by atoms with Crippen LogP contribution in [0.2, 0.25) is 10.0 Å². The van der Waals surface area contributed by atoms with E-state index in [1.807, 2.05) is 31.2 Å². The molecule has 0 N–H and O–H groups in total. The first kappa shape index (κ1) is 16.3. The number of hydrogen-bond acceptors (Lipinski definition) is 3. The third-order valence-corrected chi connectivity index (χ3v) is 5.49. The van der Waals surface area contributed by atoms with Crippen LogP contribution in [0.4, 0.5) is 0 Å². The maximum Gasteiger partial charge on any atom is 0.266 e. The molecule has 0 aliphatic rings. The molecule has 3 nitrogen and oxygen atoms in total. The number of benzene rings is 2. The second kappa shape index (κ2) is 6.30. The zero-order valence-corrected chi connectivity index (χ0v) is 15.5. The summed E-state index contributed by atoms with van der Waals surface area (Å²) in [6.45, 7) is 2.04. The minimum absolute atomic E-state index is 0.261. The monoisotopic (exact) mass is 386 g/mol. The molecule has 0 aliphatic carbocycles. The van der Waals surface area contributed by atoms with Gasteiger partial charge in [0.05, 0.1) is 21.1 Å². The number of carbonyl (C=O) groups is 1. The minimum atomic E-state index is -0.261. The Balaban J connectivity index is 1.90. The molecule has 0 spiro atoms. The molecule has 0 atom stereocenters. The van der Waals surface area contributed by atoms with E-state index in [4.69, 9.17) is 23.2 Å². The molecule has 25 heavy (non-hydrogen) atoms. The predicted octanol–water partition coefficient (Wildman–Crippen LogP) is 6.07. The number of rotatable bonds is 2. The van der Waals surface area contributed by atoms with Crippen molar-refractivity contribution < 1.29 is 4.79 Å². The molecule has 0 saturated heterocycles. The van der Waals surface area contributed by atoms with Crippen molar-refractivity contribution in [2.75, 3.05) is 0 Å². The summed E-state index contributed by atoms with van der Waals surface area (Å²) in [5.74, 6) is -0.261. The van der Waals surface area contributed by atoms with E-state index >= 15 is 0 Å². The van der Waals surface area contributed by atoms with E-state index in [1.54, 1.807) is 34.5 Å². The van der Waals surface area contributed by atoms with Crippen molar-refractivity contribution in [2.24, 2.45) is 0 Å². The molecule has 0 aliphatic heterocycles. The summed E-state index contributed by atoms with van der Waals surface area (Å²) >= 11 is 13.8. The van der Waals surface area contributed by atoms with Crippen LogP contribution in [0, 0.1) is 6.92 Å². The SMILES string of the molecule is Cc1ccc(-c2cn(C(=O)c3c(Cl)cccc3Cl)c3scnc23)cc1. The fourth-order valence-electron chi connectivity index (χ4n) is 2.76. The summed E-state index contributed by atoms with van der Waals surface area (Å²) in [6, 6.07) is 13.2. The van der Waals surface area contributed by atoms with Crippen LogP contribution >= 0.6 is 34.5 Å². The summed E-state index contributed by atoms with van der Waals surface area (Å²) in [5, 5.41) is 0.668. The van der Waals surface area contributed by atoms with Crippen LogP contribution in [-0.4, -0.2) is 15.5 Å². The van der Waals surface area contributed by atoms with E-state index in [0.717, 1.165) is 21.5 Å². The molecule has 4 rings (SSSR count). The highest BCUT2D eigenvalue weighted by Crippen LogP contribution is 2.34. The van der Waals surface area contributed by atoms with Crippen LogP contribution in [0.15, 0.2) is 54.2 Å². The molecule has 0 saturated carbocycles. The average Bonchev–Trinajstić information content (AvgIpc) is 3.18. The summed E-state index contributed by atoms with van der Waals surface area (Å²) in [6.07, 6.45) is 1.81. The minimum Gasteiger partial charge on any atom is -0.272 e. The number of aryl methyl sites for hydroxylation is 1. The van der Waals surface area contributed by atoms with Crippen LogP contribution < -0.4 is 0 Å². The van der Waals surface area contributed by atoms with E-state index in [2.05, 4.69) is 4.98 Å². The number of aromatic nitrogens is 2. The first-order chi connectivity index (χ1) is 12.1. The lowest BCUT2D eigenvalue weighted by Gasteiger charge is -2.07. The van der Waals surface area contributed by atoms with E-state index in [0.29, 0.717) is 15.6 Å². The molecule has 0 fully saturated rings. The van der Waals surface area contributed by atoms with Crippen molar-refractivity contribution in [3.8, 4) is 11.1 Å². The van der Waals surface area contributed by atoms with Crippen molar-refractivity contribution in [2.45, 2.75) is 6.92 Å². The fourth-order valence-corrected chi connectivity index (χ4v) is 4.10. The fraction of sp³-hybridized carbons (Fsp3) is 0.0526. The Labute approximate surface area is 158 Å². The van der Waals surface area contributed by atoms with Gasteiger partial charge in [-0.3, -0.25) is 9.36 Å². The van der Waals surface area contributed by atoms with Crippen molar-refractivity contribution >= 4 is 50.8 Å². The van der Waals surface area contributed by atoms with Crippen LogP contribution in [0.25, 0.3) is 21.5 Å². The first-order valence-corrected chi connectivity index (χ1v) is 9.20. The normalized spacial score (nSPS) is 11.2. The molecule has 124 valence electrons. The van der Waals surface area contributed by atoms with Gasteiger partial charge in [-0.05, 0) is 24.6 Å². The van der Waals surface area contributed by atoms with Crippen LogP contribution in [0.1, 0.15) is 15.9 Å². The molecule has 2 aromatic carbocycles. The van der Waals surface area contributed by atoms with Gasteiger partial charge in [-0.15, -0.1) is 11.3 Å². The van der Waals surface area contributed by atoms with E-state index < -0.39 is 0 Å². The van der Waals surface area contributed by atoms with Gasteiger partial charge in [-0.1, -0.05) is 59.1 Å². The topological polar surface area (TPSA) is 34.9 Å². The lowest BCUT2D eigenvalue weighted by molar-refractivity contribution is 0.0966. The van der Waals surface area contributed by atoms with Crippen LogP contribution in [0.3, 0.4) is 0 Å². The number of nitrogens with zero attached hydrogens (tertiary/aromatic N) is 2. The Morgan fingerprint density at radius 3 is 2.44 bits per heavy atom. The molecule has 0 bridgehead atoms. The molecule has 2 aromatic heterocycles. The summed E-state index contributed by atoms with van der Waals surface area (Å²) in [7, 11) is 0. The Bertz CT molecular complexity index is 1080. The number of fused-ring (bicyclic) bond motifs is 1. The number of hydrogen-bond donors (Lipinski definition) is 0. The Morgan fingerprint density at radius 1 is 1.08 bits per heavy atom. The highest BCUT2D eigenvalue weighted by molar-refractivity contribution is 7.16. The quantitative estimate of drug-likeness (QED) is 0.419. The molecular formula is C19H12Cl2N2OS. The smallest absolute Gasteiger partial charge is 0.266 e. The summed E-state index contributed by atoms with van der Waals surface area (Å²) < 4.78 is 1.58. The Kier molecular flexibility index (Phi) is 4.12. The van der Waals surface area contributed by atoms with Gasteiger partial charge in [0, 0.05) is 11.8 Å². The second-order valence-corrected chi connectivity index (χ2v) is 7.33. The van der Waals surface area contributed by atoms with Gasteiger partial charge in [-0.25, -0.2) is 4.98 Å². The maximum absolute atomic E-state index is 13.1. The van der Waals surface area contributed by atoms with Crippen LogP contribution in [-0.2, 0) is 0 Å². The summed E-state index contributed by atoms with van der Waals surface area (Å²) in [5.41, 5.74) is 5.93. The number of thiazole rings is 1. The van der Waals surface area contributed by atoms with Gasteiger partial charge in [0.1, 0.15) is 10.3 Å². The maximum atomic E-state index is 13.1. The molecule has 0 unspecified atom stereocenters. The second-order valence-electron chi connectivity index (χ2n) is 5.69. The van der Waals surface area contributed by atoms with Gasteiger partial charge < -0.3 is 0 Å².